The summed E-state index contributed by atoms with van der Waals surface area (Å²) in [7, 11) is 0. The van der Waals surface area contributed by atoms with Crippen LogP contribution in [0.2, 0.25) is 0 Å². The lowest BCUT2D eigenvalue weighted by Crippen LogP contribution is -2.14. The lowest BCUT2D eigenvalue weighted by Gasteiger charge is -2.29. The standard InChI is InChI=1S/C28H37NS/c1-2-3-4-5-6-7-23-10-16-26(17-11-23)27-18-12-24(13-19-27)8-9-25-14-20-28(21-15-25)29-22-30/h10-11,14-17,20-21,24,27H,2-9,12-13,18-19H2,1H3. The minimum absolute atomic E-state index is 0.770. The number of aryl methyl sites for hydroxylation is 2. The van der Waals surface area contributed by atoms with Gasteiger partial charge in [-0.1, -0.05) is 69.0 Å². The molecule has 1 fully saturated rings. The van der Waals surface area contributed by atoms with Crippen LogP contribution in [0.15, 0.2) is 53.5 Å². The monoisotopic (exact) mass is 419 g/mol. The van der Waals surface area contributed by atoms with Crippen molar-refractivity contribution >= 4 is 23.1 Å². The molecule has 0 aliphatic heterocycles. The Morgan fingerprint density at radius 2 is 1.43 bits per heavy atom. The average molecular weight is 420 g/mol. The van der Waals surface area contributed by atoms with Crippen molar-refractivity contribution in [3.63, 3.8) is 0 Å². The summed E-state index contributed by atoms with van der Waals surface area (Å²) in [6.45, 7) is 2.28. The van der Waals surface area contributed by atoms with E-state index >= 15 is 0 Å². The molecule has 1 aliphatic carbocycles. The van der Waals surface area contributed by atoms with Crippen LogP contribution in [0, 0.1) is 5.92 Å². The van der Waals surface area contributed by atoms with Crippen molar-refractivity contribution in [1.82, 2.24) is 0 Å². The number of hydrogen-bond acceptors (Lipinski definition) is 2. The van der Waals surface area contributed by atoms with Gasteiger partial charge in [0.15, 0.2) is 0 Å². The number of unbranched alkanes of at least 4 members (excludes halogenated alkanes) is 4. The smallest absolute Gasteiger partial charge is 0.0739 e. The summed E-state index contributed by atoms with van der Waals surface area (Å²) in [5, 5.41) is 2.43. The first kappa shape index (κ1) is 22.9. The van der Waals surface area contributed by atoms with Crippen LogP contribution in [-0.4, -0.2) is 5.16 Å². The van der Waals surface area contributed by atoms with Crippen LogP contribution >= 0.6 is 12.2 Å². The van der Waals surface area contributed by atoms with Crippen LogP contribution in [0.3, 0.4) is 0 Å². The summed E-state index contributed by atoms with van der Waals surface area (Å²) in [4.78, 5) is 4.03. The van der Waals surface area contributed by atoms with Gasteiger partial charge in [0.1, 0.15) is 0 Å². The van der Waals surface area contributed by atoms with Crippen LogP contribution < -0.4 is 0 Å². The zero-order chi connectivity index (χ0) is 21.0. The molecule has 0 N–H and O–H groups in total. The fourth-order valence-electron chi connectivity index (χ4n) is 4.83. The molecule has 0 amide bonds. The molecule has 1 saturated carbocycles. The molecule has 0 heterocycles. The molecule has 0 aromatic heterocycles. The van der Waals surface area contributed by atoms with Gasteiger partial charge in [0.25, 0.3) is 0 Å². The Balaban J connectivity index is 1.38. The fourth-order valence-corrected chi connectivity index (χ4v) is 4.94. The highest BCUT2D eigenvalue weighted by Gasteiger charge is 2.22. The van der Waals surface area contributed by atoms with E-state index in [1.165, 1.54) is 88.2 Å². The van der Waals surface area contributed by atoms with E-state index in [4.69, 9.17) is 0 Å². The fraction of sp³-hybridized carbons (Fsp3) is 0.536. The molecule has 2 aromatic rings. The molecule has 30 heavy (non-hydrogen) atoms. The number of aliphatic imine (C=N–C) groups is 1. The van der Waals surface area contributed by atoms with Gasteiger partial charge in [-0.3, -0.25) is 0 Å². The molecule has 0 atom stereocenters. The number of isothiocyanates is 1. The third-order valence-corrected chi connectivity index (χ3v) is 6.91. The van der Waals surface area contributed by atoms with E-state index < -0.39 is 0 Å². The third-order valence-electron chi connectivity index (χ3n) is 6.82. The second kappa shape index (κ2) is 12.8. The minimum atomic E-state index is 0.770. The van der Waals surface area contributed by atoms with Gasteiger partial charge in [-0.05, 0) is 104 Å². The van der Waals surface area contributed by atoms with Crippen LogP contribution in [0.5, 0.6) is 0 Å². The zero-order valence-corrected chi connectivity index (χ0v) is 19.4. The van der Waals surface area contributed by atoms with E-state index in [1.807, 2.05) is 12.1 Å². The Bertz CT molecular complexity index is 778. The van der Waals surface area contributed by atoms with E-state index in [0.29, 0.717) is 0 Å². The van der Waals surface area contributed by atoms with E-state index in [0.717, 1.165) is 17.5 Å². The summed E-state index contributed by atoms with van der Waals surface area (Å²) in [5.74, 6) is 1.65. The molecule has 0 bridgehead atoms. The third kappa shape index (κ3) is 7.49. The summed E-state index contributed by atoms with van der Waals surface area (Å²) in [5.41, 5.74) is 5.40. The molecule has 3 rings (SSSR count). The number of benzene rings is 2. The second-order valence-electron chi connectivity index (χ2n) is 9.03. The molecular weight excluding hydrogens is 382 g/mol. The summed E-state index contributed by atoms with van der Waals surface area (Å²) < 4.78 is 0. The summed E-state index contributed by atoms with van der Waals surface area (Å²) in [6.07, 6.45) is 16.0. The van der Waals surface area contributed by atoms with Crippen molar-refractivity contribution in [2.75, 3.05) is 0 Å². The van der Waals surface area contributed by atoms with E-state index in [-0.39, 0.29) is 0 Å². The summed E-state index contributed by atoms with van der Waals surface area (Å²) >= 11 is 4.67. The predicted octanol–water partition coefficient (Wildman–Crippen LogP) is 8.84. The topological polar surface area (TPSA) is 12.4 Å². The molecule has 0 radical (unpaired) electrons. The largest absolute Gasteiger partial charge is 0.195 e. The SMILES string of the molecule is CCCCCCCc1ccc(C2CCC(CCc3ccc(N=C=S)cc3)CC2)cc1. The van der Waals surface area contributed by atoms with Gasteiger partial charge in [0, 0.05) is 0 Å². The molecule has 0 spiro atoms. The number of thiocarbonyl (C=S) groups is 1. The maximum absolute atomic E-state index is 4.67. The van der Waals surface area contributed by atoms with Crippen LogP contribution in [0.1, 0.15) is 93.7 Å². The lowest BCUT2D eigenvalue weighted by atomic mass is 9.77. The molecule has 1 nitrogen and oxygen atoms in total. The Hall–Kier alpha value is -1.76. The quantitative estimate of drug-likeness (QED) is 0.201. The van der Waals surface area contributed by atoms with Gasteiger partial charge in [-0.15, -0.1) is 0 Å². The first-order valence-electron chi connectivity index (χ1n) is 12.0. The maximum atomic E-state index is 4.67. The minimum Gasteiger partial charge on any atom is -0.195 e. The van der Waals surface area contributed by atoms with Crippen molar-refractivity contribution in [2.45, 2.75) is 89.9 Å². The van der Waals surface area contributed by atoms with Gasteiger partial charge < -0.3 is 0 Å². The number of hydrogen-bond donors (Lipinski definition) is 0. The predicted molar refractivity (Wildman–Crippen MR) is 133 cm³/mol. The lowest BCUT2D eigenvalue weighted by molar-refractivity contribution is 0.310. The highest BCUT2D eigenvalue weighted by Crippen LogP contribution is 2.37. The van der Waals surface area contributed by atoms with E-state index in [2.05, 4.69) is 65.7 Å². The Morgan fingerprint density at radius 3 is 2.10 bits per heavy atom. The highest BCUT2D eigenvalue weighted by atomic mass is 32.1. The van der Waals surface area contributed by atoms with Crippen molar-refractivity contribution in [3.05, 3.63) is 65.2 Å². The van der Waals surface area contributed by atoms with Crippen molar-refractivity contribution in [3.8, 4) is 0 Å². The summed E-state index contributed by atoms with van der Waals surface area (Å²) in [6, 6.07) is 18.1. The van der Waals surface area contributed by atoms with Crippen molar-refractivity contribution in [1.29, 1.82) is 0 Å². The second-order valence-corrected chi connectivity index (χ2v) is 9.21. The Morgan fingerprint density at radius 1 is 0.800 bits per heavy atom. The number of rotatable bonds is 11. The van der Waals surface area contributed by atoms with E-state index in [1.54, 1.807) is 5.56 Å². The van der Waals surface area contributed by atoms with E-state index in [9.17, 15) is 0 Å². The first-order chi connectivity index (χ1) is 14.8. The Kier molecular flexibility index (Phi) is 9.80. The molecule has 0 unspecified atom stereocenters. The molecule has 1 aliphatic rings. The number of nitrogens with zero attached hydrogens (tertiary/aromatic N) is 1. The van der Waals surface area contributed by atoms with Crippen molar-refractivity contribution in [2.24, 2.45) is 10.9 Å². The van der Waals surface area contributed by atoms with Crippen LogP contribution in [0.4, 0.5) is 5.69 Å². The van der Waals surface area contributed by atoms with Crippen LogP contribution in [-0.2, 0) is 12.8 Å². The zero-order valence-electron chi connectivity index (χ0n) is 18.6. The first-order valence-corrected chi connectivity index (χ1v) is 12.4. The molecule has 160 valence electrons. The van der Waals surface area contributed by atoms with Crippen molar-refractivity contribution < 1.29 is 0 Å². The van der Waals surface area contributed by atoms with Gasteiger partial charge in [-0.25, -0.2) is 0 Å². The molecule has 0 saturated heterocycles. The normalized spacial score (nSPS) is 18.7. The van der Waals surface area contributed by atoms with Gasteiger partial charge in [-0.2, -0.15) is 4.99 Å². The highest BCUT2D eigenvalue weighted by molar-refractivity contribution is 7.78. The van der Waals surface area contributed by atoms with Gasteiger partial charge in [0.2, 0.25) is 0 Å². The van der Waals surface area contributed by atoms with Gasteiger partial charge in [0.05, 0.1) is 10.8 Å². The van der Waals surface area contributed by atoms with Gasteiger partial charge >= 0.3 is 0 Å². The molecule has 2 aromatic carbocycles. The molecular formula is C28H37NS. The maximum Gasteiger partial charge on any atom is 0.0739 e. The Labute approximate surface area is 189 Å². The molecule has 2 heteroatoms. The van der Waals surface area contributed by atoms with Crippen LogP contribution in [0.25, 0.3) is 0 Å². The average Bonchev–Trinajstić information content (AvgIpc) is 2.79.